The Labute approximate surface area is 129 Å². The summed E-state index contributed by atoms with van der Waals surface area (Å²) in [6.45, 7) is 3.14. The zero-order valence-electron chi connectivity index (χ0n) is 11.6. The lowest BCUT2D eigenvalue weighted by Gasteiger charge is -2.36. The molecule has 2 rings (SSSR count). The standard InChI is InChI=1S/C13H14F6N2.ClH/c1-8-7-20-2-3-21(8)11-5-9(12(14,15)16)4-10(6-11)13(17,18)19;/h4-6,8,20H,2-3,7H2,1H3;1H/t8-;/m0./s1. The summed E-state index contributed by atoms with van der Waals surface area (Å²) in [6.07, 6.45) is -9.62. The van der Waals surface area contributed by atoms with Crippen molar-refractivity contribution in [1.82, 2.24) is 5.32 Å². The van der Waals surface area contributed by atoms with Gasteiger partial charge in [-0.15, -0.1) is 12.4 Å². The maximum absolute atomic E-state index is 12.8. The van der Waals surface area contributed by atoms with E-state index >= 15 is 0 Å². The average molecular weight is 349 g/mol. The Hall–Kier alpha value is -1.15. The first-order chi connectivity index (χ1) is 9.59. The fourth-order valence-corrected chi connectivity index (χ4v) is 2.33. The molecule has 0 radical (unpaired) electrons. The number of anilines is 1. The summed E-state index contributed by atoms with van der Waals surface area (Å²) >= 11 is 0. The van der Waals surface area contributed by atoms with Crippen molar-refractivity contribution in [2.75, 3.05) is 24.5 Å². The van der Waals surface area contributed by atoms with Gasteiger partial charge in [0.25, 0.3) is 0 Å². The van der Waals surface area contributed by atoms with Crippen LogP contribution in [0.3, 0.4) is 0 Å². The molecule has 1 N–H and O–H groups in total. The smallest absolute Gasteiger partial charge is 0.366 e. The first-order valence-corrected chi connectivity index (χ1v) is 6.36. The summed E-state index contributed by atoms with van der Waals surface area (Å²) in [5.41, 5.74) is -2.61. The van der Waals surface area contributed by atoms with Crippen LogP contribution in [0, 0.1) is 0 Å². The van der Waals surface area contributed by atoms with Crippen molar-refractivity contribution >= 4 is 18.1 Å². The van der Waals surface area contributed by atoms with Crippen LogP contribution in [-0.2, 0) is 12.4 Å². The number of halogens is 7. The second kappa shape index (κ2) is 6.54. The highest BCUT2D eigenvalue weighted by atomic mass is 35.5. The van der Waals surface area contributed by atoms with Gasteiger partial charge in [-0.05, 0) is 25.1 Å². The van der Waals surface area contributed by atoms with E-state index in [0.717, 1.165) is 12.1 Å². The molecule has 0 spiro atoms. The monoisotopic (exact) mass is 348 g/mol. The highest BCUT2D eigenvalue weighted by molar-refractivity contribution is 5.85. The van der Waals surface area contributed by atoms with Crippen LogP contribution in [0.1, 0.15) is 18.1 Å². The summed E-state index contributed by atoms with van der Waals surface area (Å²) in [5, 5.41) is 3.04. The van der Waals surface area contributed by atoms with E-state index in [4.69, 9.17) is 0 Å². The van der Waals surface area contributed by atoms with Gasteiger partial charge in [0, 0.05) is 31.4 Å². The van der Waals surface area contributed by atoms with Crippen LogP contribution >= 0.6 is 12.4 Å². The summed E-state index contributed by atoms with van der Waals surface area (Å²) in [4.78, 5) is 1.56. The quantitative estimate of drug-likeness (QED) is 0.773. The molecule has 1 atom stereocenters. The molecule has 126 valence electrons. The van der Waals surface area contributed by atoms with Crippen LogP contribution in [0.25, 0.3) is 0 Å². The van der Waals surface area contributed by atoms with E-state index in [2.05, 4.69) is 5.32 Å². The van der Waals surface area contributed by atoms with Gasteiger partial charge in [0.2, 0.25) is 0 Å². The number of benzene rings is 1. The normalized spacial score (nSPS) is 19.8. The molecule has 0 aliphatic carbocycles. The molecule has 0 unspecified atom stereocenters. The summed E-state index contributed by atoms with van der Waals surface area (Å²) in [7, 11) is 0. The van der Waals surface area contributed by atoms with Crippen molar-refractivity contribution in [3.63, 3.8) is 0 Å². The van der Waals surface area contributed by atoms with Crippen molar-refractivity contribution in [1.29, 1.82) is 0 Å². The zero-order chi connectivity index (χ0) is 15.8. The van der Waals surface area contributed by atoms with Gasteiger partial charge in [-0.25, -0.2) is 0 Å². The van der Waals surface area contributed by atoms with Gasteiger partial charge in [0.05, 0.1) is 11.1 Å². The lowest BCUT2D eigenvalue weighted by Crippen LogP contribution is -2.50. The molecule has 22 heavy (non-hydrogen) atoms. The molecule has 1 aliphatic heterocycles. The van der Waals surface area contributed by atoms with E-state index in [1.807, 2.05) is 0 Å². The summed E-state index contributed by atoms with van der Waals surface area (Å²) in [6, 6.07) is 1.52. The SMILES string of the molecule is C[C@H]1CNCCN1c1cc(C(F)(F)F)cc(C(F)(F)F)c1.Cl. The summed E-state index contributed by atoms with van der Waals surface area (Å²) < 4.78 is 76.8. The molecule has 0 amide bonds. The van der Waals surface area contributed by atoms with E-state index in [1.165, 1.54) is 0 Å². The fraction of sp³-hybridized carbons (Fsp3) is 0.538. The van der Waals surface area contributed by atoms with Crippen molar-refractivity contribution in [3.05, 3.63) is 29.3 Å². The predicted molar refractivity (Wildman–Crippen MR) is 73.4 cm³/mol. The third-order valence-electron chi connectivity index (χ3n) is 3.41. The number of nitrogens with zero attached hydrogens (tertiary/aromatic N) is 1. The molecule has 1 aliphatic rings. The Morgan fingerprint density at radius 3 is 1.91 bits per heavy atom. The first kappa shape index (κ1) is 18.9. The predicted octanol–water partition coefficient (Wildman–Crippen LogP) is 3.94. The molecular formula is C13H15ClF6N2. The Balaban J connectivity index is 0.00000242. The maximum Gasteiger partial charge on any atom is 0.416 e. The molecular weight excluding hydrogens is 334 g/mol. The minimum absolute atomic E-state index is 0. The third-order valence-corrected chi connectivity index (χ3v) is 3.41. The maximum atomic E-state index is 12.8. The second-order valence-electron chi connectivity index (χ2n) is 5.01. The number of rotatable bonds is 1. The van der Waals surface area contributed by atoms with Crippen LogP contribution in [-0.4, -0.2) is 25.7 Å². The van der Waals surface area contributed by atoms with Gasteiger partial charge in [0.15, 0.2) is 0 Å². The molecule has 1 saturated heterocycles. The van der Waals surface area contributed by atoms with E-state index in [9.17, 15) is 26.3 Å². The van der Waals surface area contributed by atoms with Crippen LogP contribution in [0.15, 0.2) is 18.2 Å². The van der Waals surface area contributed by atoms with Gasteiger partial charge >= 0.3 is 12.4 Å². The highest BCUT2D eigenvalue weighted by Crippen LogP contribution is 2.38. The van der Waals surface area contributed by atoms with Gasteiger partial charge < -0.3 is 10.2 Å². The van der Waals surface area contributed by atoms with Gasteiger partial charge in [0.1, 0.15) is 0 Å². The largest absolute Gasteiger partial charge is 0.416 e. The lowest BCUT2D eigenvalue weighted by atomic mass is 10.1. The fourth-order valence-electron chi connectivity index (χ4n) is 2.33. The van der Waals surface area contributed by atoms with Gasteiger partial charge in [-0.1, -0.05) is 0 Å². The molecule has 9 heteroatoms. The Morgan fingerprint density at radius 1 is 1.00 bits per heavy atom. The Kier molecular flexibility index (Phi) is 5.61. The summed E-state index contributed by atoms with van der Waals surface area (Å²) in [5.74, 6) is 0. The second-order valence-corrected chi connectivity index (χ2v) is 5.01. The van der Waals surface area contributed by atoms with Gasteiger partial charge in [-0.3, -0.25) is 0 Å². The average Bonchev–Trinajstić information content (AvgIpc) is 2.36. The molecule has 1 heterocycles. The zero-order valence-corrected chi connectivity index (χ0v) is 12.4. The Bertz CT molecular complexity index is 482. The topological polar surface area (TPSA) is 15.3 Å². The molecule has 2 nitrogen and oxygen atoms in total. The van der Waals surface area contributed by atoms with Gasteiger partial charge in [-0.2, -0.15) is 26.3 Å². The number of hydrogen-bond acceptors (Lipinski definition) is 2. The number of hydrogen-bond donors (Lipinski definition) is 1. The van der Waals surface area contributed by atoms with E-state index in [0.29, 0.717) is 19.6 Å². The first-order valence-electron chi connectivity index (χ1n) is 6.36. The molecule has 0 bridgehead atoms. The van der Waals surface area contributed by atoms with Crippen molar-refractivity contribution in [3.8, 4) is 0 Å². The van der Waals surface area contributed by atoms with E-state index in [1.54, 1.807) is 11.8 Å². The highest BCUT2D eigenvalue weighted by Gasteiger charge is 2.37. The third kappa shape index (κ3) is 4.19. The molecule has 0 aromatic heterocycles. The van der Waals surface area contributed by atoms with Crippen molar-refractivity contribution in [2.24, 2.45) is 0 Å². The number of piperazine rings is 1. The van der Waals surface area contributed by atoms with Crippen LogP contribution in [0.2, 0.25) is 0 Å². The number of alkyl halides is 6. The van der Waals surface area contributed by atoms with E-state index < -0.39 is 23.5 Å². The molecule has 1 fully saturated rings. The lowest BCUT2D eigenvalue weighted by molar-refractivity contribution is -0.143. The minimum atomic E-state index is -4.81. The minimum Gasteiger partial charge on any atom is -0.366 e. The molecule has 0 saturated carbocycles. The van der Waals surface area contributed by atoms with E-state index in [-0.39, 0.29) is 30.2 Å². The number of nitrogens with one attached hydrogen (secondary N) is 1. The van der Waals surface area contributed by atoms with Crippen LogP contribution in [0.4, 0.5) is 32.0 Å². The van der Waals surface area contributed by atoms with Crippen molar-refractivity contribution < 1.29 is 26.3 Å². The van der Waals surface area contributed by atoms with Crippen molar-refractivity contribution in [2.45, 2.75) is 25.3 Å². The van der Waals surface area contributed by atoms with Crippen LogP contribution in [0.5, 0.6) is 0 Å². The Morgan fingerprint density at radius 2 is 1.50 bits per heavy atom. The molecule has 1 aromatic carbocycles. The molecule has 1 aromatic rings. The van der Waals surface area contributed by atoms with Crippen LogP contribution < -0.4 is 10.2 Å².